The standard InChI is InChI=1S/C20H20INO5/c1-12-3-7-15(8-4-12)22-20(26)27-19(13(2)5-10-18(24)25)16-11-14(21)6-9-17(16)23/h3-11,13,19,23H,1-2H3,(H,22,26)(H,24,25)/b10-5+/t13-,19-/m0/s1. The average molecular weight is 481 g/mol. The molecule has 1 amide bonds. The van der Waals surface area contributed by atoms with Crippen molar-refractivity contribution in [3.8, 4) is 5.75 Å². The Hall–Kier alpha value is -2.55. The fourth-order valence-electron chi connectivity index (χ4n) is 2.44. The second-order valence-corrected chi connectivity index (χ2v) is 7.32. The Morgan fingerprint density at radius 2 is 1.85 bits per heavy atom. The highest BCUT2D eigenvalue weighted by atomic mass is 127. The molecule has 2 rings (SSSR count). The average Bonchev–Trinajstić information content (AvgIpc) is 2.62. The van der Waals surface area contributed by atoms with Crippen LogP contribution in [0.4, 0.5) is 10.5 Å². The van der Waals surface area contributed by atoms with Gasteiger partial charge in [-0.05, 0) is 59.8 Å². The van der Waals surface area contributed by atoms with Crippen LogP contribution in [0, 0.1) is 16.4 Å². The molecule has 2 aromatic rings. The largest absolute Gasteiger partial charge is 0.508 e. The second kappa shape index (κ2) is 9.40. The summed E-state index contributed by atoms with van der Waals surface area (Å²) in [6.07, 6.45) is 0.855. The number of aliphatic carboxylic acids is 1. The molecule has 0 unspecified atom stereocenters. The van der Waals surface area contributed by atoms with Gasteiger partial charge in [0.1, 0.15) is 11.9 Å². The van der Waals surface area contributed by atoms with E-state index in [1.807, 2.05) is 19.1 Å². The predicted octanol–water partition coefficient (Wildman–Crippen LogP) is 4.87. The highest BCUT2D eigenvalue weighted by molar-refractivity contribution is 14.1. The summed E-state index contributed by atoms with van der Waals surface area (Å²) < 4.78 is 6.39. The lowest BCUT2D eigenvalue weighted by Crippen LogP contribution is -2.21. The van der Waals surface area contributed by atoms with Crippen LogP contribution in [-0.2, 0) is 9.53 Å². The summed E-state index contributed by atoms with van der Waals surface area (Å²) in [5.41, 5.74) is 2.04. The fraction of sp³-hybridized carbons (Fsp3) is 0.200. The van der Waals surface area contributed by atoms with Crippen LogP contribution < -0.4 is 5.32 Å². The number of phenolic OH excluding ortho intramolecular Hbond substituents is 1. The Bertz CT molecular complexity index is 848. The summed E-state index contributed by atoms with van der Waals surface area (Å²) in [5.74, 6) is -1.61. The Morgan fingerprint density at radius 3 is 2.48 bits per heavy atom. The van der Waals surface area contributed by atoms with Gasteiger partial charge in [0.15, 0.2) is 0 Å². The van der Waals surface area contributed by atoms with Crippen LogP contribution in [0.1, 0.15) is 24.2 Å². The summed E-state index contributed by atoms with van der Waals surface area (Å²) in [4.78, 5) is 23.2. The normalized spacial score (nSPS) is 13.1. The molecule has 0 aliphatic heterocycles. The number of phenols is 1. The zero-order chi connectivity index (χ0) is 20.0. The molecule has 6 nitrogen and oxygen atoms in total. The van der Waals surface area contributed by atoms with Crippen molar-refractivity contribution >= 4 is 40.3 Å². The number of benzene rings is 2. The summed E-state index contributed by atoms with van der Waals surface area (Å²) in [6, 6.07) is 12.2. The van der Waals surface area contributed by atoms with E-state index < -0.39 is 24.1 Å². The van der Waals surface area contributed by atoms with Gasteiger partial charge in [0.25, 0.3) is 0 Å². The van der Waals surface area contributed by atoms with Gasteiger partial charge in [-0.2, -0.15) is 0 Å². The third kappa shape index (κ3) is 6.28. The number of ether oxygens (including phenoxy) is 1. The minimum Gasteiger partial charge on any atom is -0.508 e. The van der Waals surface area contributed by atoms with Crippen LogP contribution in [0.2, 0.25) is 0 Å². The van der Waals surface area contributed by atoms with Crippen molar-refractivity contribution in [2.24, 2.45) is 5.92 Å². The molecule has 0 saturated heterocycles. The molecule has 2 aromatic carbocycles. The van der Waals surface area contributed by atoms with Crippen LogP contribution in [0.5, 0.6) is 5.75 Å². The molecule has 0 spiro atoms. The number of carboxylic acids is 1. The van der Waals surface area contributed by atoms with E-state index in [1.54, 1.807) is 31.2 Å². The lowest BCUT2D eigenvalue weighted by atomic mass is 9.96. The van der Waals surface area contributed by atoms with Crippen LogP contribution in [0.15, 0.2) is 54.6 Å². The first kappa shape index (κ1) is 20.8. The van der Waals surface area contributed by atoms with Crippen LogP contribution in [0.3, 0.4) is 0 Å². The first-order valence-corrected chi connectivity index (χ1v) is 9.28. The lowest BCUT2D eigenvalue weighted by molar-refractivity contribution is -0.131. The molecule has 0 bridgehead atoms. The first-order chi connectivity index (χ1) is 12.8. The molecule has 0 saturated carbocycles. The van der Waals surface area contributed by atoms with Crippen LogP contribution in [0.25, 0.3) is 0 Å². The fourth-order valence-corrected chi connectivity index (χ4v) is 2.96. The van der Waals surface area contributed by atoms with Gasteiger partial charge in [-0.1, -0.05) is 30.7 Å². The summed E-state index contributed by atoms with van der Waals surface area (Å²) in [6.45, 7) is 3.65. The number of carbonyl (C=O) groups excluding carboxylic acids is 1. The molecule has 2 atom stereocenters. The van der Waals surface area contributed by atoms with Crippen LogP contribution in [-0.4, -0.2) is 22.3 Å². The second-order valence-electron chi connectivity index (χ2n) is 6.08. The molecule has 0 aliphatic rings. The summed E-state index contributed by atoms with van der Waals surface area (Å²) >= 11 is 2.09. The van der Waals surface area contributed by atoms with E-state index in [9.17, 15) is 14.7 Å². The number of halogens is 1. The Labute approximate surface area is 171 Å². The number of carboxylic acid groups (broad SMARTS) is 1. The number of hydrogen-bond acceptors (Lipinski definition) is 4. The van der Waals surface area contributed by atoms with Crippen molar-refractivity contribution in [2.45, 2.75) is 20.0 Å². The van der Waals surface area contributed by atoms with E-state index in [2.05, 4.69) is 27.9 Å². The molecule has 0 aliphatic carbocycles. The van der Waals surface area contributed by atoms with E-state index in [1.165, 1.54) is 12.1 Å². The number of nitrogens with one attached hydrogen (secondary N) is 1. The topological polar surface area (TPSA) is 95.9 Å². The first-order valence-electron chi connectivity index (χ1n) is 8.20. The minimum atomic E-state index is -1.10. The molecule has 0 fully saturated rings. The van der Waals surface area contributed by atoms with Gasteiger partial charge >= 0.3 is 12.1 Å². The molecule has 0 radical (unpaired) electrons. The number of carbonyl (C=O) groups is 2. The van der Waals surface area contributed by atoms with Gasteiger partial charge in [-0.15, -0.1) is 0 Å². The number of aryl methyl sites for hydroxylation is 1. The van der Waals surface area contributed by atoms with Crippen molar-refractivity contribution in [1.82, 2.24) is 0 Å². The highest BCUT2D eigenvalue weighted by Gasteiger charge is 2.25. The van der Waals surface area contributed by atoms with E-state index in [4.69, 9.17) is 9.84 Å². The quantitative estimate of drug-likeness (QED) is 0.404. The molecule has 142 valence electrons. The number of aromatic hydroxyl groups is 1. The van der Waals surface area contributed by atoms with E-state index >= 15 is 0 Å². The van der Waals surface area contributed by atoms with Gasteiger partial charge < -0.3 is 14.9 Å². The molecular weight excluding hydrogens is 461 g/mol. The zero-order valence-electron chi connectivity index (χ0n) is 14.8. The Balaban J connectivity index is 2.25. The lowest BCUT2D eigenvalue weighted by Gasteiger charge is -2.23. The van der Waals surface area contributed by atoms with E-state index in [0.29, 0.717) is 11.3 Å². The van der Waals surface area contributed by atoms with E-state index in [-0.39, 0.29) is 5.75 Å². The zero-order valence-corrected chi connectivity index (χ0v) is 17.0. The maximum atomic E-state index is 12.4. The van der Waals surface area contributed by atoms with Crippen LogP contribution >= 0.6 is 22.6 Å². The maximum Gasteiger partial charge on any atom is 0.412 e. The monoisotopic (exact) mass is 481 g/mol. The SMILES string of the molecule is Cc1ccc(NC(=O)O[C@H](c2cc(I)ccc2O)[C@@H](C)/C=C/C(=O)O)cc1. The highest BCUT2D eigenvalue weighted by Crippen LogP contribution is 2.34. The number of amides is 1. The number of hydrogen-bond donors (Lipinski definition) is 3. The molecule has 0 aromatic heterocycles. The molecular formula is C20H20INO5. The van der Waals surface area contributed by atoms with E-state index in [0.717, 1.165) is 15.2 Å². The summed E-state index contributed by atoms with van der Waals surface area (Å²) in [7, 11) is 0. The van der Waals surface area contributed by atoms with Gasteiger partial charge in [-0.25, -0.2) is 9.59 Å². The Morgan fingerprint density at radius 1 is 1.19 bits per heavy atom. The van der Waals surface area contributed by atoms with Crippen molar-refractivity contribution < 1.29 is 24.5 Å². The van der Waals surface area contributed by atoms with Gasteiger partial charge in [-0.3, -0.25) is 5.32 Å². The minimum absolute atomic E-state index is 0.0286. The Kier molecular flexibility index (Phi) is 7.23. The van der Waals surface area contributed by atoms with Crippen molar-refractivity contribution in [1.29, 1.82) is 0 Å². The molecule has 3 N–H and O–H groups in total. The maximum absolute atomic E-state index is 12.4. The third-order valence-electron chi connectivity index (χ3n) is 3.85. The van der Waals surface area contributed by atoms with Crippen molar-refractivity contribution in [3.05, 3.63) is 69.3 Å². The molecule has 27 heavy (non-hydrogen) atoms. The van der Waals surface area contributed by atoms with Gasteiger partial charge in [0.05, 0.1) is 0 Å². The third-order valence-corrected chi connectivity index (χ3v) is 4.52. The summed E-state index contributed by atoms with van der Waals surface area (Å²) in [5, 5.41) is 21.7. The number of anilines is 1. The molecule has 0 heterocycles. The van der Waals surface area contributed by atoms with Gasteiger partial charge in [0.2, 0.25) is 0 Å². The van der Waals surface area contributed by atoms with Crippen molar-refractivity contribution in [2.75, 3.05) is 5.32 Å². The smallest absolute Gasteiger partial charge is 0.412 e. The molecule has 7 heteroatoms. The number of rotatable bonds is 6. The predicted molar refractivity (Wildman–Crippen MR) is 111 cm³/mol. The van der Waals surface area contributed by atoms with Gasteiger partial charge in [0, 0.05) is 26.8 Å². The van der Waals surface area contributed by atoms with Crippen molar-refractivity contribution in [3.63, 3.8) is 0 Å².